The minimum absolute atomic E-state index is 0.410. The maximum atomic E-state index is 5.66. The summed E-state index contributed by atoms with van der Waals surface area (Å²) in [5.41, 5.74) is 4.30. The maximum Gasteiger partial charge on any atom is 0.171 e. The number of methoxy groups -OCH3 is 1. The van der Waals surface area contributed by atoms with E-state index in [9.17, 15) is 0 Å². The zero-order chi connectivity index (χ0) is 20.4. The fraction of sp³-hybridized carbons (Fsp3) is 0.478. The second kappa shape index (κ2) is 8.31. The molecule has 1 aromatic heterocycles. The van der Waals surface area contributed by atoms with Crippen LogP contribution in [0.2, 0.25) is 0 Å². The van der Waals surface area contributed by atoms with Crippen LogP contribution >= 0.6 is 0 Å². The molecule has 6 heteroatoms. The van der Waals surface area contributed by atoms with Crippen molar-refractivity contribution in [3.05, 3.63) is 47.6 Å². The molecule has 1 saturated heterocycles. The molecule has 0 amide bonds. The molecule has 6 nitrogen and oxygen atoms in total. The molecule has 1 aromatic carbocycles. The molecule has 1 fully saturated rings. The SMILES string of the molecule is COc1cc(C=C2CCCN3C2=NOC[C@@H]3CC(C)C)ccc1-n1cnc(C)c1. The van der Waals surface area contributed by atoms with E-state index in [-0.39, 0.29) is 0 Å². The van der Waals surface area contributed by atoms with Crippen LogP contribution in [0.15, 0.2) is 41.5 Å². The van der Waals surface area contributed by atoms with E-state index in [0.29, 0.717) is 18.6 Å². The number of imidazole rings is 1. The molecule has 2 aliphatic heterocycles. The zero-order valence-electron chi connectivity index (χ0n) is 17.8. The number of nitrogens with zero attached hydrogens (tertiary/aromatic N) is 4. The van der Waals surface area contributed by atoms with E-state index in [1.54, 1.807) is 7.11 Å². The number of rotatable bonds is 5. The van der Waals surface area contributed by atoms with Crippen LogP contribution in [0.4, 0.5) is 0 Å². The van der Waals surface area contributed by atoms with Crippen LogP contribution < -0.4 is 4.74 Å². The van der Waals surface area contributed by atoms with Crippen molar-refractivity contribution in [3.63, 3.8) is 0 Å². The molecule has 0 bridgehead atoms. The molecular weight excluding hydrogens is 364 g/mol. The van der Waals surface area contributed by atoms with Crippen molar-refractivity contribution in [2.24, 2.45) is 11.1 Å². The highest BCUT2D eigenvalue weighted by Crippen LogP contribution is 2.30. The lowest BCUT2D eigenvalue weighted by Crippen LogP contribution is -2.49. The van der Waals surface area contributed by atoms with Crippen molar-refractivity contribution in [2.45, 2.75) is 46.1 Å². The van der Waals surface area contributed by atoms with E-state index >= 15 is 0 Å². The fourth-order valence-corrected chi connectivity index (χ4v) is 4.21. The summed E-state index contributed by atoms with van der Waals surface area (Å²) in [5.74, 6) is 2.46. The highest BCUT2D eigenvalue weighted by Gasteiger charge is 2.32. The van der Waals surface area contributed by atoms with Gasteiger partial charge >= 0.3 is 0 Å². The number of hydrogen-bond acceptors (Lipinski definition) is 5. The molecule has 0 N–H and O–H groups in total. The van der Waals surface area contributed by atoms with Gasteiger partial charge in [-0.05, 0) is 61.4 Å². The second-order valence-corrected chi connectivity index (χ2v) is 8.31. The summed E-state index contributed by atoms with van der Waals surface area (Å²) in [5, 5.41) is 4.43. The predicted molar refractivity (Wildman–Crippen MR) is 115 cm³/mol. The molecular formula is C23H30N4O2. The topological polar surface area (TPSA) is 51.9 Å². The lowest BCUT2D eigenvalue weighted by molar-refractivity contribution is 0.0496. The van der Waals surface area contributed by atoms with Gasteiger partial charge in [0, 0.05) is 12.7 Å². The maximum absolute atomic E-state index is 5.66. The monoisotopic (exact) mass is 394 g/mol. The Labute approximate surface area is 172 Å². The number of oxime groups is 1. The van der Waals surface area contributed by atoms with Crippen molar-refractivity contribution in [3.8, 4) is 11.4 Å². The molecule has 0 radical (unpaired) electrons. The second-order valence-electron chi connectivity index (χ2n) is 8.31. The van der Waals surface area contributed by atoms with Crippen molar-refractivity contribution < 1.29 is 9.57 Å². The Morgan fingerprint density at radius 2 is 2.21 bits per heavy atom. The molecule has 3 heterocycles. The van der Waals surface area contributed by atoms with Crippen LogP contribution in [0.3, 0.4) is 0 Å². The largest absolute Gasteiger partial charge is 0.495 e. The molecule has 1 atom stereocenters. The standard InChI is InChI=1S/C23H30N4O2/c1-16(2)10-20-14-29-25-23-19(6-5-9-27(20)23)11-18-7-8-21(22(12-18)28-4)26-13-17(3)24-15-26/h7-8,11-13,15-16,20H,5-6,9-10,14H2,1-4H3/t20-/m0/s1. The Morgan fingerprint density at radius 3 is 2.93 bits per heavy atom. The molecule has 0 saturated carbocycles. The van der Waals surface area contributed by atoms with Gasteiger partial charge < -0.3 is 19.0 Å². The Bertz CT molecular complexity index is 929. The van der Waals surface area contributed by atoms with Crippen LogP contribution in [0.25, 0.3) is 11.8 Å². The smallest absolute Gasteiger partial charge is 0.171 e. The van der Waals surface area contributed by atoms with Gasteiger partial charge in [0.05, 0.1) is 30.9 Å². The minimum atomic E-state index is 0.410. The molecule has 29 heavy (non-hydrogen) atoms. The zero-order valence-corrected chi connectivity index (χ0v) is 17.8. The van der Waals surface area contributed by atoms with E-state index in [2.05, 4.69) is 53.2 Å². The summed E-state index contributed by atoms with van der Waals surface area (Å²) in [6, 6.07) is 6.68. The third-order valence-electron chi connectivity index (χ3n) is 5.54. The summed E-state index contributed by atoms with van der Waals surface area (Å²) in [6.45, 7) is 8.25. The summed E-state index contributed by atoms with van der Waals surface area (Å²) < 4.78 is 7.65. The summed E-state index contributed by atoms with van der Waals surface area (Å²) in [4.78, 5) is 12.4. The van der Waals surface area contributed by atoms with E-state index in [1.807, 2.05) is 24.0 Å². The van der Waals surface area contributed by atoms with Gasteiger partial charge in [-0.15, -0.1) is 0 Å². The first-order chi connectivity index (χ1) is 14.0. The molecule has 154 valence electrons. The highest BCUT2D eigenvalue weighted by atomic mass is 16.6. The van der Waals surface area contributed by atoms with E-state index in [0.717, 1.165) is 54.3 Å². The number of benzene rings is 1. The van der Waals surface area contributed by atoms with Gasteiger partial charge in [0.25, 0.3) is 0 Å². The van der Waals surface area contributed by atoms with Crippen LogP contribution in [0.5, 0.6) is 5.75 Å². The minimum Gasteiger partial charge on any atom is -0.495 e. The van der Waals surface area contributed by atoms with Crippen molar-refractivity contribution >= 4 is 11.9 Å². The summed E-state index contributed by atoms with van der Waals surface area (Å²) in [7, 11) is 1.71. The molecule has 2 aliphatic rings. The quantitative estimate of drug-likeness (QED) is 0.753. The molecule has 0 aliphatic carbocycles. The third kappa shape index (κ3) is 4.16. The molecule has 2 aromatic rings. The van der Waals surface area contributed by atoms with Crippen LogP contribution in [0, 0.1) is 12.8 Å². The van der Waals surface area contributed by atoms with Gasteiger partial charge in [-0.25, -0.2) is 4.98 Å². The molecule has 0 spiro atoms. The number of aryl methyl sites for hydroxylation is 1. The third-order valence-corrected chi connectivity index (χ3v) is 5.54. The Kier molecular flexibility index (Phi) is 5.60. The number of piperidine rings is 1. The van der Waals surface area contributed by atoms with Crippen molar-refractivity contribution in [1.29, 1.82) is 0 Å². The van der Waals surface area contributed by atoms with Crippen LogP contribution in [-0.2, 0) is 4.84 Å². The van der Waals surface area contributed by atoms with Gasteiger partial charge in [0.1, 0.15) is 12.4 Å². The summed E-state index contributed by atoms with van der Waals surface area (Å²) >= 11 is 0. The lowest BCUT2D eigenvalue weighted by Gasteiger charge is -2.40. The Morgan fingerprint density at radius 1 is 1.34 bits per heavy atom. The average Bonchev–Trinajstić information content (AvgIpc) is 3.14. The normalized spacial score (nSPS) is 20.4. The first kappa shape index (κ1) is 19.6. The number of ether oxygens (including phenoxy) is 1. The summed E-state index contributed by atoms with van der Waals surface area (Å²) in [6.07, 6.45) is 9.31. The average molecular weight is 395 g/mol. The number of amidine groups is 1. The highest BCUT2D eigenvalue weighted by molar-refractivity contribution is 6.02. The van der Waals surface area contributed by atoms with E-state index in [4.69, 9.17) is 9.57 Å². The lowest BCUT2D eigenvalue weighted by atomic mass is 9.95. The van der Waals surface area contributed by atoms with Crippen LogP contribution in [-0.4, -0.2) is 46.6 Å². The van der Waals surface area contributed by atoms with Gasteiger partial charge in [0.2, 0.25) is 0 Å². The predicted octanol–water partition coefficient (Wildman–Crippen LogP) is 4.43. The van der Waals surface area contributed by atoms with Gasteiger partial charge in [-0.2, -0.15) is 0 Å². The molecule has 0 unspecified atom stereocenters. The number of hydrogen-bond donors (Lipinski definition) is 0. The van der Waals surface area contributed by atoms with E-state index in [1.165, 1.54) is 5.57 Å². The van der Waals surface area contributed by atoms with Gasteiger partial charge in [-0.3, -0.25) is 0 Å². The first-order valence-electron chi connectivity index (χ1n) is 10.4. The Balaban J connectivity index is 1.62. The molecule has 4 rings (SSSR count). The fourth-order valence-electron chi connectivity index (χ4n) is 4.21. The van der Waals surface area contributed by atoms with E-state index < -0.39 is 0 Å². The number of fused-ring (bicyclic) bond motifs is 1. The van der Waals surface area contributed by atoms with Crippen molar-refractivity contribution in [1.82, 2.24) is 14.5 Å². The Hall–Kier alpha value is -2.76. The van der Waals surface area contributed by atoms with Gasteiger partial charge in [0.15, 0.2) is 5.84 Å². The van der Waals surface area contributed by atoms with Gasteiger partial charge in [-0.1, -0.05) is 25.1 Å². The van der Waals surface area contributed by atoms with Crippen molar-refractivity contribution in [2.75, 3.05) is 20.3 Å². The first-order valence-corrected chi connectivity index (χ1v) is 10.4. The van der Waals surface area contributed by atoms with Crippen LogP contribution in [0.1, 0.15) is 44.4 Å². The number of aromatic nitrogens is 2.